The molecule has 2 heterocycles. The van der Waals surface area contributed by atoms with Gasteiger partial charge in [0, 0.05) is 12.4 Å². The molecule has 1 aromatic rings. The van der Waals surface area contributed by atoms with Crippen molar-refractivity contribution in [2.24, 2.45) is 5.73 Å². The van der Waals surface area contributed by atoms with Crippen molar-refractivity contribution < 1.29 is 8.42 Å². The summed E-state index contributed by atoms with van der Waals surface area (Å²) < 4.78 is 23.7. The smallest absolute Gasteiger partial charge is 0.155 e. The van der Waals surface area contributed by atoms with E-state index < -0.39 is 21.1 Å². The minimum Gasteiger partial charge on any atom is -0.322 e. The number of rotatable bonds is 2. The molecule has 1 aliphatic heterocycles. The Morgan fingerprint density at radius 3 is 2.81 bits per heavy atom. The molecule has 1 saturated heterocycles. The van der Waals surface area contributed by atoms with Crippen LogP contribution in [0.2, 0.25) is 0 Å². The Labute approximate surface area is 95.0 Å². The van der Waals surface area contributed by atoms with Gasteiger partial charge in [-0.15, -0.1) is 0 Å². The Morgan fingerprint density at radius 2 is 2.19 bits per heavy atom. The van der Waals surface area contributed by atoms with E-state index in [-0.39, 0.29) is 5.75 Å². The van der Waals surface area contributed by atoms with Gasteiger partial charge in [-0.25, -0.2) is 8.42 Å². The predicted octanol–water partition coefficient (Wildman–Crippen LogP) is 0.444. The minimum atomic E-state index is -3.06. The zero-order valence-electron chi connectivity index (χ0n) is 8.91. The molecule has 0 spiro atoms. The van der Waals surface area contributed by atoms with Gasteiger partial charge in [0.2, 0.25) is 0 Å². The second kappa shape index (κ2) is 4.47. The lowest BCUT2D eigenvalue weighted by molar-refractivity contribution is 0.499. The van der Waals surface area contributed by atoms with E-state index in [2.05, 4.69) is 9.97 Å². The van der Waals surface area contributed by atoms with Crippen LogP contribution in [0.15, 0.2) is 18.6 Å². The number of nitrogens with zero attached hydrogens (tertiary/aromatic N) is 2. The fourth-order valence-electron chi connectivity index (χ4n) is 2.06. The lowest BCUT2D eigenvalue weighted by atomic mass is 10.1. The Balaban J connectivity index is 2.24. The van der Waals surface area contributed by atoms with Crippen LogP contribution >= 0.6 is 0 Å². The summed E-state index contributed by atoms with van der Waals surface area (Å²) in [7, 11) is -3.06. The average molecular weight is 241 g/mol. The van der Waals surface area contributed by atoms with Crippen molar-refractivity contribution >= 4 is 9.84 Å². The maximum absolute atomic E-state index is 11.9. The van der Waals surface area contributed by atoms with Crippen molar-refractivity contribution in [2.45, 2.75) is 30.6 Å². The summed E-state index contributed by atoms with van der Waals surface area (Å²) in [5.41, 5.74) is 6.52. The third-order valence-corrected chi connectivity index (χ3v) is 5.26. The second-order valence-corrected chi connectivity index (χ2v) is 6.40. The monoisotopic (exact) mass is 241 g/mol. The van der Waals surface area contributed by atoms with Crippen LogP contribution in [-0.4, -0.2) is 29.4 Å². The van der Waals surface area contributed by atoms with Gasteiger partial charge >= 0.3 is 0 Å². The van der Waals surface area contributed by atoms with Gasteiger partial charge < -0.3 is 5.73 Å². The van der Waals surface area contributed by atoms with Crippen LogP contribution < -0.4 is 5.73 Å². The molecule has 1 aromatic heterocycles. The first-order valence-corrected chi connectivity index (χ1v) is 7.06. The molecule has 0 aliphatic carbocycles. The van der Waals surface area contributed by atoms with Crippen LogP contribution in [0.4, 0.5) is 0 Å². The molecule has 1 fully saturated rings. The van der Waals surface area contributed by atoms with E-state index in [1.165, 1.54) is 12.4 Å². The van der Waals surface area contributed by atoms with Crippen molar-refractivity contribution in [1.29, 1.82) is 0 Å². The van der Waals surface area contributed by atoms with Crippen molar-refractivity contribution in [3.8, 4) is 0 Å². The fraction of sp³-hybridized carbons (Fsp3) is 0.600. The van der Waals surface area contributed by atoms with Gasteiger partial charge in [0.15, 0.2) is 9.84 Å². The highest BCUT2D eigenvalue weighted by molar-refractivity contribution is 7.92. The van der Waals surface area contributed by atoms with Gasteiger partial charge in [-0.3, -0.25) is 9.97 Å². The van der Waals surface area contributed by atoms with Crippen molar-refractivity contribution in [1.82, 2.24) is 9.97 Å². The van der Waals surface area contributed by atoms with E-state index in [1.54, 1.807) is 6.20 Å². The first-order chi connectivity index (χ1) is 7.61. The molecular formula is C10H15N3O2S. The summed E-state index contributed by atoms with van der Waals surface area (Å²) in [6.45, 7) is 0. The van der Waals surface area contributed by atoms with Gasteiger partial charge in [0.05, 0.1) is 28.9 Å². The Morgan fingerprint density at radius 1 is 1.38 bits per heavy atom. The average Bonchev–Trinajstić information content (AvgIpc) is 2.29. The molecule has 0 aromatic carbocycles. The standard InChI is InChI=1S/C10H15N3O2S/c11-10(8-7-12-4-5-13-8)9-3-1-2-6-16(9,14)15/h4-5,7,9-10H,1-3,6,11H2. The van der Waals surface area contributed by atoms with Gasteiger partial charge in [-0.1, -0.05) is 6.42 Å². The Hall–Kier alpha value is -1.01. The normalized spacial score (nSPS) is 26.2. The number of nitrogens with two attached hydrogens (primary N) is 1. The quantitative estimate of drug-likeness (QED) is 0.812. The molecule has 0 amide bonds. The zero-order chi connectivity index (χ0) is 11.6. The van der Waals surface area contributed by atoms with E-state index in [9.17, 15) is 8.42 Å². The molecule has 2 unspecified atom stereocenters. The Kier molecular flexibility index (Phi) is 3.20. The van der Waals surface area contributed by atoms with Crippen LogP contribution in [0.1, 0.15) is 31.0 Å². The largest absolute Gasteiger partial charge is 0.322 e. The molecule has 0 bridgehead atoms. The highest BCUT2D eigenvalue weighted by atomic mass is 32.2. The molecule has 2 atom stereocenters. The predicted molar refractivity (Wildman–Crippen MR) is 60.4 cm³/mol. The molecule has 88 valence electrons. The number of hydrogen-bond acceptors (Lipinski definition) is 5. The molecular weight excluding hydrogens is 226 g/mol. The zero-order valence-corrected chi connectivity index (χ0v) is 9.73. The summed E-state index contributed by atoms with van der Waals surface area (Å²) in [5.74, 6) is 0.242. The summed E-state index contributed by atoms with van der Waals surface area (Å²) >= 11 is 0. The van der Waals surface area contributed by atoms with Gasteiger partial charge in [0.25, 0.3) is 0 Å². The van der Waals surface area contributed by atoms with Gasteiger partial charge in [0.1, 0.15) is 0 Å². The van der Waals surface area contributed by atoms with E-state index in [0.29, 0.717) is 12.1 Å². The van der Waals surface area contributed by atoms with Crippen LogP contribution in [0, 0.1) is 0 Å². The first-order valence-electron chi connectivity index (χ1n) is 5.34. The number of sulfone groups is 1. The van der Waals surface area contributed by atoms with Crippen LogP contribution in [-0.2, 0) is 9.84 Å². The number of hydrogen-bond donors (Lipinski definition) is 1. The lowest BCUT2D eigenvalue weighted by Crippen LogP contribution is -2.38. The lowest BCUT2D eigenvalue weighted by Gasteiger charge is -2.26. The Bertz CT molecular complexity index is 446. The summed E-state index contributed by atoms with van der Waals surface area (Å²) in [5, 5.41) is -0.502. The van der Waals surface area contributed by atoms with E-state index in [1.807, 2.05) is 0 Å². The van der Waals surface area contributed by atoms with Crippen LogP contribution in [0.3, 0.4) is 0 Å². The van der Waals surface area contributed by atoms with Crippen molar-refractivity contribution in [3.63, 3.8) is 0 Å². The molecule has 5 nitrogen and oxygen atoms in total. The third-order valence-electron chi connectivity index (χ3n) is 2.95. The highest BCUT2D eigenvalue weighted by Gasteiger charge is 2.35. The minimum absolute atomic E-state index is 0.242. The van der Waals surface area contributed by atoms with Crippen molar-refractivity contribution in [2.75, 3.05) is 5.75 Å². The van der Waals surface area contributed by atoms with Crippen molar-refractivity contribution in [3.05, 3.63) is 24.3 Å². The van der Waals surface area contributed by atoms with E-state index in [0.717, 1.165) is 12.8 Å². The van der Waals surface area contributed by atoms with E-state index >= 15 is 0 Å². The van der Waals surface area contributed by atoms with E-state index in [4.69, 9.17) is 5.73 Å². The molecule has 0 saturated carbocycles. The first kappa shape index (κ1) is 11.5. The van der Waals surface area contributed by atoms with Gasteiger partial charge in [-0.2, -0.15) is 0 Å². The summed E-state index contributed by atoms with van der Waals surface area (Å²) in [6, 6.07) is -0.556. The second-order valence-electron chi connectivity index (χ2n) is 4.06. The number of aromatic nitrogens is 2. The molecule has 2 N–H and O–H groups in total. The molecule has 1 aliphatic rings. The molecule has 6 heteroatoms. The van der Waals surface area contributed by atoms with Crippen LogP contribution in [0.25, 0.3) is 0 Å². The highest BCUT2D eigenvalue weighted by Crippen LogP contribution is 2.27. The third kappa shape index (κ3) is 2.22. The topological polar surface area (TPSA) is 85.9 Å². The summed E-state index contributed by atoms with van der Waals surface area (Å²) in [6.07, 6.45) is 6.90. The maximum Gasteiger partial charge on any atom is 0.155 e. The maximum atomic E-state index is 11.9. The fourth-order valence-corrected chi connectivity index (χ4v) is 4.08. The summed E-state index contributed by atoms with van der Waals surface area (Å²) in [4.78, 5) is 7.98. The SMILES string of the molecule is NC(c1cnccn1)C1CCCCS1(=O)=O. The van der Waals surface area contributed by atoms with Crippen LogP contribution in [0.5, 0.6) is 0 Å². The molecule has 2 rings (SSSR count). The van der Waals surface area contributed by atoms with Gasteiger partial charge in [-0.05, 0) is 12.8 Å². The molecule has 16 heavy (non-hydrogen) atoms. The molecule has 0 radical (unpaired) electrons.